The van der Waals surface area contributed by atoms with Crippen LogP contribution < -0.4 is 10.1 Å². The molecule has 1 N–H and O–H groups in total. The van der Waals surface area contributed by atoms with Crippen LogP contribution in [0.25, 0.3) is 0 Å². The smallest absolute Gasteiger partial charge is 0.119 e. The first-order valence-corrected chi connectivity index (χ1v) is 7.05. The lowest BCUT2D eigenvalue weighted by molar-refractivity contribution is 0.413. The summed E-state index contributed by atoms with van der Waals surface area (Å²) in [7, 11) is 1.68. The SMILES string of the molecule is CCCn1nncc1C(NCC)c1cccc(OC)c1. The van der Waals surface area contributed by atoms with Crippen molar-refractivity contribution in [3.05, 3.63) is 41.7 Å². The zero-order valence-electron chi connectivity index (χ0n) is 12.3. The van der Waals surface area contributed by atoms with E-state index < -0.39 is 0 Å². The minimum absolute atomic E-state index is 0.0802. The van der Waals surface area contributed by atoms with Gasteiger partial charge in [0.25, 0.3) is 0 Å². The molecule has 5 nitrogen and oxygen atoms in total. The van der Waals surface area contributed by atoms with Crippen molar-refractivity contribution in [2.75, 3.05) is 13.7 Å². The van der Waals surface area contributed by atoms with Crippen LogP contribution in [0.2, 0.25) is 0 Å². The predicted octanol–water partition coefficient (Wildman–Crippen LogP) is 2.40. The molecule has 0 radical (unpaired) electrons. The van der Waals surface area contributed by atoms with Gasteiger partial charge in [-0.15, -0.1) is 5.10 Å². The van der Waals surface area contributed by atoms with Gasteiger partial charge in [-0.05, 0) is 30.7 Å². The summed E-state index contributed by atoms with van der Waals surface area (Å²) in [6, 6.07) is 8.19. The fourth-order valence-electron chi connectivity index (χ4n) is 2.29. The number of nitrogens with one attached hydrogen (secondary N) is 1. The summed E-state index contributed by atoms with van der Waals surface area (Å²) in [5.41, 5.74) is 2.24. The van der Waals surface area contributed by atoms with Crippen molar-refractivity contribution in [2.45, 2.75) is 32.9 Å². The van der Waals surface area contributed by atoms with Crippen molar-refractivity contribution >= 4 is 0 Å². The average molecular weight is 274 g/mol. The number of aryl methyl sites for hydroxylation is 1. The van der Waals surface area contributed by atoms with E-state index in [9.17, 15) is 0 Å². The molecule has 1 aromatic heterocycles. The zero-order chi connectivity index (χ0) is 14.4. The maximum absolute atomic E-state index is 5.31. The highest BCUT2D eigenvalue weighted by Crippen LogP contribution is 2.24. The molecule has 0 saturated heterocycles. The predicted molar refractivity (Wildman–Crippen MR) is 78.8 cm³/mol. The summed E-state index contributed by atoms with van der Waals surface area (Å²) in [5, 5.41) is 11.7. The minimum atomic E-state index is 0.0802. The van der Waals surface area contributed by atoms with Crippen LogP contribution in [-0.2, 0) is 6.54 Å². The Morgan fingerprint density at radius 2 is 2.20 bits per heavy atom. The Labute approximate surface area is 120 Å². The van der Waals surface area contributed by atoms with E-state index in [4.69, 9.17) is 4.74 Å². The van der Waals surface area contributed by atoms with Crippen molar-refractivity contribution < 1.29 is 4.74 Å². The lowest BCUT2D eigenvalue weighted by Gasteiger charge is -2.19. The lowest BCUT2D eigenvalue weighted by Crippen LogP contribution is -2.25. The maximum atomic E-state index is 5.31. The molecule has 0 spiro atoms. The van der Waals surface area contributed by atoms with Gasteiger partial charge in [-0.3, -0.25) is 0 Å². The first-order chi connectivity index (χ1) is 9.80. The van der Waals surface area contributed by atoms with Gasteiger partial charge in [0.15, 0.2) is 0 Å². The molecule has 1 atom stereocenters. The van der Waals surface area contributed by atoms with Crippen molar-refractivity contribution in [3.63, 3.8) is 0 Å². The van der Waals surface area contributed by atoms with Crippen LogP contribution in [0.3, 0.4) is 0 Å². The molecule has 1 aromatic carbocycles. The van der Waals surface area contributed by atoms with E-state index in [1.54, 1.807) is 7.11 Å². The number of nitrogens with zero attached hydrogens (tertiary/aromatic N) is 3. The monoisotopic (exact) mass is 274 g/mol. The van der Waals surface area contributed by atoms with E-state index in [-0.39, 0.29) is 6.04 Å². The van der Waals surface area contributed by atoms with Crippen molar-refractivity contribution in [1.82, 2.24) is 20.3 Å². The summed E-state index contributed by atoms with van der Waals surface area (Å²) < 4.78 is 7.28. The maximum Gasteiger partial charge on any atom is 0.119 e. The molecule has 0 fully saturated rings. The van der Waals surface area contributed by atoms with Crippen LogP contribution in [-0.4, -0.2) is 28.6 Å². The van der Waals surface area contributed by atoms with E-state index in [0.717, 1.165) is 36.5 Å². The molecule has 5 heteroatoms. The van der Waals surface area contributed by atoms with Gasteiger partial charge >= 0.3 is 0 Å². The first kappa shape index (κ1) is 14.5. The van der Waals surface area contributed by atoms with Crippen LogP contribution in [0.4, 0.5) is 0 Å². The third-order valence-corrected chi connectivity index (χ3v) is 3.21. The van der Waals surface area contributed by atoms with Crippen LogP contribution in [0, 0.1) is 0 Å². The van der Waals surface area contributed by atoms with Gasteiger partial charge in [0.2, 0.25) is 0 Å². The summed E-state index contributed by atoms with van der Waals surface area (Å²) in [6.07, 6.45) is 2.87. The van der Waals surface area contributed by atoms with Crippen LogP contribution in [0.15, 0.2) is 30.5 Å². The normalized spacial score (nSPS) is 12.3. The Kier molecular flexibility index (Phi) is 5.12. The second-order valence-electron chi connectivity index (χ2n) is 4.65. The Morgan fingerprint density at radius 3 is 2.90 bits per heavy atom. The number of hydrogen-bond donors (Lipinski definition) is 1. The topological polar surface area (TPSA) is 52.0 Å². The molecular weight excluding hydrogens is 252 g/mol. The Hall–Kier alpha value is -1.88. The van der Waals surface area contributed by atoms with Gasteiger partial charge in [0.1, 0.15) is 5.75 Å². The molecule has 0 aliphatic heterocycles. The van der Waals surface area contributed by atoms with Gasteiger partial charge in [0.05, 0.1) is 25.0 Å². The Balaban J connectivity index is 2.36. The molecule has 2 rings (SSSR count). The van der Waals surface area contributed by atoms with Crippen LogP contribution in [0.1, 0.15) is 37.6 Å². The van der Waals surface area contributed by atoms with Crippen molar-refractivity contribution in [3.8, 4) is 5.75 Å². The molecule has 1 heterocycles. The number of methoxy groups -OCH3 is 1. The quantitative estimate of drug-likeness (QED) is 0.842. The van der Waals surface area contributed by atoms with Gasteiger partial charge in [-0.2, -0.15) is 0 Å². The highest BCUT2D eigenvalue weighted by molar-refractivity contribution is 5.34. The average Bonchev–Trinajstić information content (AvgIpc) is 2.93. The molecule has 108 valence electrons. The van der Waals surface area contributed by atoms with Gasteiger partial charge in [-0.1, -0.05) is 31.2 Å². The minimum Gasteiger partial charge on any atom is -0.497 e. The molecule has 0 bridgehead atoms. The Morgan fingerprint density at radius 1 is 1.35 bits per heavy atom. The Bertz CT molecular complexity index is 538. The molecule has 0 amide bonds. The van der Waals surface area contributed by atoms with E-state index >= 15 is 0 Å². The fourth-order valence-corrected chi connectivity index (χ4v) is 2.29. The second kappa shape index (κ2) is 7.05. The fraction of sp³-hybridized carbons (Fsp3) is 0.467. The zero-order valence-corrected chi connectivity index (χ0v) is 12.3. The van der Waals surface area contributed by atoms with E-state index in [1.165, 1.54) is 0 Å². The first-order valence-electron chi connectivity index (χ1n) is 7.05. The van der Waals surface area contributed by atoms with Crippen molar-refractivity contribution in [1.29, 1.82) is 0 Å². The molecule has 2 aromatic rings. The number of aromatic nitrogens is 3. The van der Waals surface area contributed by atoms with E-state index in [0.29, 0.717) is 0 Å². The molecule has 1 unspecified atom stereocenters. The lowest BCUT2D eigenvalue weighted by atomic mass is 10.0. The van der Waals surface area contributed by atoms with Gasteiger partial charge in [-0.25, -0.2) is 4.68 Å². The standard InChI is InChI=1S/C15H22N4O/c1-4-9-19-14(11-17-18-19)15(16-5-2)12-7-6-8-13(10-12)20-3/h6-8,10-11,15-16H,4-5,9H2,1-3H3. The van der Waals surface area contributed by atoms with E-state index in [1.807, 2.05) is 23.0 Å². The molecule has 0 aliphatic rings. The third kappa shape index (κ3) is 3.17. The van der Waals surface area contributed by atoms with Crippen LogP contribution in [0.5, 0.6) is 5.75 Å². The van der Waals surface area contributed by atoms with Crippen molar-refractivity contribution in [2.24, 2.45) is 0 Å². The molecule has 0 aliphatic carbocycles. The highest BCUT2D eigenvalue weighted by Gasteiger charge is 2.18. The highest BCUT2D eigenvalue weighted by atomic mass is 16.5. The van der Waals surface area contributed by atoms with Gasteiger partial charge in [0, 0.05) is 6.54 Å². The number of hydrogen-bond acceptors (Lipinski definition) is 4. The molecule has 0 saturated carbocycles. The summed E-state index contributed by atoms with van der Waals surface area (Å²) in [6.45, 7) is 5.99. The largest absolute Gasteiger partial charge is 0.497 e. The number of rotatable bonds is 7. The number of benzene rings is 1. The molecule has 20 heavy (non-hydrogen) atoms. The summed E-state index contributed by atoms with van der Waals surface area (Å²) >= 11 is 0. The number of ether oxygens (including phenoxy) is 1. The summed E-state index contributed by atoms with van der Waals surface area (Å²) in [5.74, 6) is 0.861. The molecular formula is C15H22N4O. The third-order valence-electron chi connectivity index (χ3n) is 3.21. The van der Waals surface area contributed by atoms with Gasteiger partial charge < -0.3 is 10.1 Å². The van der Waals surface area contributed by atoms with E-state index in [2.05, 4.69) is 41.6 Å². The second-order valence-corrected chi connectivity index (χ2v) is 4.65. The summed E-state index contributed by atoms with van der Waals surface area (Å²) in [4.78, 5) is 0. The van der Waals surface area contributed by atoms with Crippen LogP contribution >= 0.6 is 0 Å².